The van der Waals surface area contributed by atoms with E-state index in [1.54, 1.807) is 36.4 Å². The molecular formula is C97H116BrClN18O8. The van der Waals surface area contributed by atoms with E-state index >= 15 is 0 Å². The van der Waals surface area contributed by atoms with Gasteiger partial charge in [-0.1, -0.05) is 234 Å². The van der Waals surface area contributed by atoms with E-state index in [0.29, 0.717) is 158 Å². The lowest BCUT2D eigenvalue weighted by molar-refractivity contribution is -0.133. The number of ether oxygens (including phenoxy) is 2. The van der Waals surface area contributed by atoms with E-state index in [-0.39, 0.29) is 95.8 Å². The molecule has 0 aliphatic carbocycles. The molecule has 6 amide bonds. The minimum absolute atomic E-state index is 0.0243. The molecule has 0 unspecified atom stereocenters. The monoisotopic (exact) mass is 1770 g/mol. The Kier molecular flexibility index (Phi) is 36.7. The summed E-state index contributed by atoms with van der Waals surface area (Å²) in [5.41, 5.74) is 41.4. The van der Waals surface area contributed by atoms with Gasteiger partial charge in [0.05, 0.1) is 18.1 Å². The number of guanidine groups is 3. The lowest BCUT2D eigenvalue weighted by atomic mass is 9.90. The van der Waals surface area contributed by atoms with Crippen molar-refractivity contribution < 1.29 is 38.2 Å². The van der Waals surface area contributed by atoms with Crippen LogP contribution in [0.2, 0.25) is 5.02 Å². The van der Waals surface area contributed by atoms with Crippen LogP contribution in [0.3, 0.4) is 0 Å². The number of hydrogen-bond donors (Lipinski definition) is 12. The van der Waals surface area contributed by atoms with Crippen molar-refractivity contribution >= 4 is 86.9 Å². The molecule has 4 aliphatic rings. The Balaban J connectivity index is 0.000000182. The number of hydrogen-bond acceptors (Lipinski definition) is 14. The van der Waals surface area contributed by atoms with E-state index in [0.717, 1.165) is 32.3 Å². The van der Waals surface area contributed by atoms with Crippen LogP contribution in [0.4, 0.5) is 0 Å². The van der Waals surface area contributed by atoms with Gasteiger partial charge in [-0.15, -0.1) is 0 Å². The predicted molar refractivity (Wildman–Crippen MR) is 499 cm³/mol. The van der Waals surface area contributed by atoms with Crippen LogP contribution in [-0.4, -0.2) is 196 Å². The zero-order valence-electron chi connectivity index (χ0n) is 70.4. The van der Waals surface area contributed by atoms with Gasteiger partial charge in [-0.25, -0.2) is 0 Å². The second kappa shape index (κ2) is 49.2. The van der Waals surface area contributed by atoms with Crippen LogP contribution in [0.5, 0.6) is 11.5 Å². The van der Waals surface area contributed by atoms with E-state index in [1.165, 1.54) is 17.2 Å². The topological polar surface area (TPSA) is 396 Å². The van der Waals surface area contributed by atoms with Gasteiger partial charge in [0.15, 0.2) is 29.4 Å². The highest BCUT2D eigenvalue weighted by atomic mass is 79.9. The number of fused-ring (bicyclic) bond motifs is 1. The number of carbonyl (C=O) groups excluding carboxylic acids is 6. The smallest absolute Gasteiger partial charge is 0.264 e. The highest BCUT2D eigenvalue weighted by molar-refractivity contribution is 9.10. The van der Waals surface area contributed by atoms with Crippen LogP contribution in [0.1, 0.15) is 125 Å². The van der Waals surface area contributed by atoms with Crippen LogP contribution < -0.4 is 75.8 Å². The maximum Gasteiger partial charge on any atom is 0.264 e. The highest BCUT2D eigenvalue weighted by Crippen LogP contribution is 2.34. The molecule has 18 N–H and O–H groups in total. The SMILES string of the molecule is NC(N)=NCCC[C@@H]1N[C@H](CNC(=O)/C=C/c2ccc(Cl)cc2)CCN(CC(c2ccccc2)c2ccccc2)C1=O.NC(N)=NCCC[C@@H]1N[C@H](CNC(=O)[C@@H]2COc3ccccc3O2)CCN(CC(c2ccccc2)c2ccccc2)C1=O.NC(N)=NCCC[C@@H]1N[C@H](CNC(=O)c2ccc(Br)cc2)CCN(CC(c2ccccc2)c2ccccc2)C1=O. The Labute approximate surface area is 746 Å². The van der Waals surface area contributed by atoms with Gasteiger partial charge >= 0.3 is 0 Å². The molecule has 0 radical (unpaired) electrons. The van der Waals surface area contributed by atoms with E-state index in [1.807, 2.05) is 166 Å². The number of amides is 6. The quantitative estimate of drug-likeness (QED) is 0.00772. The molecule has 9 aromatic carbocycles. The van der Waals surface area contributed by atoms with Crippen LogP contribution in [0, 0.1) is 0 Å². The molecule has 4 heterocycles. The summed E-state index contributed by atoms with van der Waals surface area (Å²) in [4.78, 5) is 98.3. The summed E-state index contributed by atoms with van der Waals surface area (Å²) in [6.45, 7) is 6.04. The fourth-order valence-corrected chi connectivity index (χ4v) is 16.2. The van der Waals surface area contributed by atoms with Crippen molar-refractivity contribution in [3.63, 3.8) is 0 Å². The van der Waals surface area contributed by atoms with Crippen molar-refractivity contribution in [2.24, 2.45) is 49.4 Å². The molecule has 28 heteroatoms. The lowest BCUT2D eigenvalue weighted by Crippen LogP contribution is -2.51. The maximum absolute atomic E-state index is 14.0. The molecule has 7 atom stereocenters. The Morgan fingerprint density at radius 2 is 0.776 bits per heavy atom. The first kappa shape index (κ1) is 93.3. The summed E-state index contributed by atoms with van der Waals surface area (Å²) in [6, 6.07) is 82.1. The third-order valence-corrected chi connectivity index (χ3v) is 23.2. The Hall–Kier alpha value is -12.4. The highest BCUT2D eigenvalue weighted by Gasteiger charge is 2.37. The van der Waals surface area contributed by atoms with Crippen molar-refractivity contribution in [3.05, 3.63) is 315 Å². The standard InChI is InChI=1S/C33H39ClN6O2.C33H40N6O4.C31H37BrN6O2/c34-27-16-13-24(14-17-27)15-18-31(41)38-22-28-19-21-40(32(42)30(39-28)12-7-20-37-33(35)36)23-29(25-8-3-1-4-9-25)26-10-5-2-6-11-26;34-33(35)36-18-9-14-27-32(41)39(21-26(23-10-3-1-4-11-23)24-12-5-2-6-13-24)19-17-25(38-27)20-37-31(40)30-22-42-28-15-7-8-16-29(28)43-30;32-25-15-13-24(14-16-25)29(39)36-20-26-17-19-38(30(40)28(37-26)12-7-18-35-31(33)34)21-27(22-8-3-1-4-9-22)23-10-5-2-6-11-23/h1-6,8-11,13-18,28-30,39H,7,12,19-23H2,(H,38,41)(H4,35,36,37);1-8,10-13,15-16,25-27,30,38H,9,14,17-22H2,(H,37,40)(H4,34,35,36);1-6,8-11,13-16,26-28,37H,7,12,17-21H2,(H,36,39)(H4,33,34,35)/b18-15+;;/t28-,30-;25-,27-,30-;26-,28-/m000/s1. The van der Waals surface area contributed by atoms with Crippen molar-refractivity contribution in [2.75, 3.05) is 85.1 Å². The molecule has 125 heavy (non-hydrogen) atoms. The number of nitrogens with zero attached hydrogens (tertiary/aromatic N) is 6. The molecule has 9 aromatic rings. The second-order valence-corrected chi connectivity index (χ2v) is 32.7. The summed E-state index contributed by atoms with van der Waals surface area (Å²) in [5, 5.41) is 20.3. The number of aliphatic imine (C=N–C) groups is 3. The van der Waals surface area contributed by atoms with Gasteiger partial charge in [0, 0.05) is 136 Å². The molecule has 0 aromatic heterocycles. The molecule has 0 spiro atoms. The molecule has 3 fully saturated rings. The average molecular weight is 1780 g/mol. The van der Waals surface area contributed by atoms with Crippen LogP contribution >= 0.6 is 27.5 Å². The van der Waals surface area contributed by atoms with Gasteiger partial charge in [-0.3, -0.25) is 43.7 Å². The summed E-state index contributed by atoms with van der Waals surface area (Å²) < 4.78 is 12.5. The zero-order chi connectivity index (χ0) is 88.1. The Morgan fingerprint density at radius 1 is 0.440 bits per heavy atom. The molecule has 656 valence electrons. The Morgan fingerprint density at radius 3 is 1.14 bits per heavy atom. The van der Waals surface area contributed by atoms with Crippen molar-refractivity contribution in [1.29, 1.82) is 0 Å². The second-order valence-electron chi connectivity index (χ2n) is 31.4. The molecule has 13 rings (SSSR count). The molecular weight excluding hydrogens is 1660 g/mol. The average Bonchev–Trinajstić information content (AvgIpc) is 1.80. The van der Waals surface area contributed by atoms with Gasteiger partial charge in [0.2, 0.25) is 29.7 Å². The summed E-state index contributed by atoms with van der Waals surface area (Å²) >= 11 is 9.35. The largest absolute Gasteiger partial charge is 0.485 e. The minimum atomic E-state index is -0.744. The number of rotatable bonds is 34. The van der Waals surface area contributed by atoms with Gasteiger partial charge in [0.25, 0.3) is 11.8 Å². The predicted octanol–water partition coefficient (Wildman–Crippen LogP) is 9.93. The summed E-state index contributed by atoms with van der Waals surface area (Å²) in [7, 11) is 0. The van der Waals surface area contributed by atoms with E-state index in [2.05, 4.69) is 136 Å². The number of para-hydroxylation sites is 2. The van der Waals surface area contributed by atoms with Gasteiger partial charge in [-0.05, 0) is 151 Å². The molecule has 0 bridgehead atoms. The minimum Gasteiger partial charge on any atom is -0.485 e. The summed E-state index contributed by atoms with van der Waals surface area (Å²) in [5.74, 6) is 0.961. The third-order valence-electron chi connectivity index (χ3n) is 22.4. The first-order valence-electron chi connectivity index (χ1n) is 42.8. The molecule has 4 aliphatic heterocycles. The third kappa shape index (κ3) is 29.9. The number of halogens is 2. The van der Waals surface area contributed by atoms with Gasteiger partial charge in [-0.2, -0.15) is 0 Å². The lowest BCUT2D eigenvalue weighted by Gasteiger charge is -2.29. The van der Waals surface area contributed by atoms with Gasteiger partial charge in [0.1, 0.15) is 6.61 Å². The Bertz CT molecular complexity index is 4870. The van der Waals surface area contributed by atoms with Gasteiger partial charge < -0.3 is 90.5 Å². The normalized spacial score (nSPS) is 18.2. The van der Waals surface area contributed by atoms with Crippen LogP contribution in [-0.2, 0) is 24.0 Å². The maximum atomic E-state index is 14.0. The first-order chi connectivity index (χ1) is 60.8. The zero-order valence-corrected chi connectivity index (χ0v) is 72.7. The van der Waals surface area contributed by atoms with Crippen molar-refractivity contribution in [1.82, 2.24) is 46.6 Å². The molecule has 26 nitrogen and oxygen atoms in total. The van der Waals surface area contributed by atoms with E-state index in [9.17, 15) is 28.8 Å². The molecule has 0 saturated carbocycles. The number of benzene rings is 9. The number of nitrogens with one attached hydrogen (secondary N) is 6. The van der Waals surface area contributed by atoms with Crippen molar-refractivity contribution in [2.45, 2.75) is 118 Å². The van der Waals surface area contributed by atoms with E-state index < -0.39 is 24.2 Å². The first-order valence-corrected chi connectivity index (χ1v) is 44.0. The fourth-order valence-electron chi connectivity index (χ4n) is 15.8. The van der Waals surface area contributed by atoms with Crippen LogP contribution in [0.15, 0.2) is 280 Å². The van der Waals surface area contributed by atoms with Crippen LogP contribution in [0.25, 0.3) is 6.08 Å². The summed E-state index contributed by atoms with van der Waals surface area (Å²) in [6.07, 6.45) is 8.29. The van der Waals surface area contributed by atoms with Crippen molar-refractivity contribution in [3.8, 4) is 11.5 Å². The van der Waals surface area contributed by atoms with E-state index in [4.69, 9.17) is 55.5 Å². The molecule has 3 saturated heterocycles. The number of nitrogens with two attached hydrogens (primary N) is 6. The number of carbonyl (C=O) groups is 6. The fraction of sp³-hybridized carbons (Fsp3) is 0.330.